The van der Waals surface area contributed by atoms with Crippen molar-refractivity contribution in [3.8, 4) is 0 Å². The maximum atomic E-state index is 10.7. The fourth-order valence-corrected chi connectivity index (χ4v) is 2.93. The van der Waals surface area contributed by atoms with Crippen LogP contribution in [0, 0.1) is 10.1 Å². The van der Waals surface area contributed by atoms with Crippen LogP contribution in [0.3, 0.4) is 0 Å². The molecule has 1 aromatic heterocycles. The minimum absolute atomic E-state index is 0.0438. The molecule has 0 aliphatic carbocycles. The average Bonchev–Trinajstić information content (AvgIpc) is 2.91. The minimum Gasteiger partial charge on any atom is -0.366 e. The highest BCUT2D eigenvalue weighted by Crippen LogP contribution is 2.42. The Morgan fingerprint density at radius 2 is 2.12 bits per heavy atom. The molecule has 0 spiro atoms. The zero-order valence-corrected chi connectivity index (χ0v) is 15.1. The first-order chi connectivity index (χ1) is 11.3. The van der Waals surface area contributed by atoms with E-state index in [-0.39, 0.29) is 17.5 Å². The van der Waals surface area contributed by atoms with Crippen molar-refractivity contribution in [2.24, 2.45) is 0 Å². The van der Waals surface area contributed by atoms with E-state index >= 15 is 0 Å². The number of nitrogens with one attached hydrogen (secondary N) is 1. The molecule has 1 aliphatic rings. The Balaban J connectivity index is 1.73. The summed E-state index contributed by atoms with van der Waals surface area (Å²) in [5, 5.41) is 10.7. The van der Waals surface area contributed by atoms with Gasteiger partial charge in [-0.05, 0) is 58.3 Å². The number of epoxide rings is 1. The number of nitro groups is 1. The third-order valence-corrected chi connectivity index (χ3v) is 4.61. The number of nitrogens with zero attached hydrogens (tertiary/aromatic N) is 1. The van der Waals surface area contributed by atoms with E-state index in [0.29, 0.717) is 0 Å². The highest BCUT2D eigenvalue weighted by molar-refractivity contribution is 5.28. The molecule has 132 valence electrons. The summed E-state index contributed by atoms with van der Waals surface area (Å²) in [6.07, 6.45) is 11.4. The summed E-state index contributed by atoms with van der Waals surface area (Å²) in [5.74, 6) is 0.0438. The molecule has 1 fully saturated rings. The SMILES string of the molecule is CC(C)=CCC/C(C)=C/CC[C@@]1(C)O[C@@H]1Cc1c[nH]c([N+](=O)[O-])c1. The predicted octanol–water partition coefficient (Wildman–Crippen LogP) is 5.10. The molecule has 5 nitrogen and oxygen atoms in total. The number of H-pyrrole nitrogens is 1. The lowest BCUT2D eigenvalue weighted by molar-refractivity contribution is -0.389. The van der Waals surface area contributed by atoms with Crippen LogP contribution in [0.2, 0.25) is 0 Å². The van der Waals surface area contributed by atoms with Gasteiger partial charge in [0, 0.05) is 18.1 Å². The molecule has 5 heteroatoms. The van der Waals surface area contributed by atoms with E-state index in [1.807, 2.05) is 0 Å². The van der Waals surface area contributed by atoms with Gasteiger partial charge in [0.15, 0.2) is 0 Å². The Morgan fingerprint density at radius 1 is 1.38 bits per heavy atom. The van der Waals surface area contributed by atoms with E-state index in [0.717, 1.165) is 37.7 Å². The molecule has 0 amide bonds. The van der Waals surface area contributed by atoms with Crippen LogP contribution in [0.5, 0.6) is 0 Å². The van der Waals surface area contributed by atoms with Gasteiger partial charge < -0.3 is 14.9 Å². The Labute approximate surface area is 143 Å². The third-order valence-electron chi connectivity index (χ3n) is 4.61. The molecule has 1 N–H and O–H groups in total. The van der Waals surface area contributed by atoms with E-state index in [9.17, 15) is 10.1 Å². The van der Waals surface area contributed by atoms with Gasteiger partial charge in [0.1, 0.15) is 0 Å². The van der Waals surface area contributed by atoms with Gasteiger partial charge in [-0.25, -0.2) is 4.98 Å². The van der Waals surface area contributed by atoms with Crippen molar-refractivity contribution in [1.29, 1.82) is 0 Å². The van der Waals surface area contributed by atoms with E-state index < -0.39 is 4.92 Å². The number of allylic oxidation sites excluding steroid dienone is 4. The summed E-state index contributed by atoms with van der Waals surface area (Å²) in [6.45, 7) is 8.57. The lowest BCUT2D eigenvalue weighted by Gasteiger charge is -2.05. The van der Waals surface area contributed by atoms with E-state index in [1.54, 1.807) is 12.3 Å². The maximum Gasteiger partial charge on any atom is 0.321 e. The highest BCUT2D eigenvalue weighted by atomic mass is 16.6. The molecule has 0 saturated carbocycles. The van der Waals surface area contributed by atoms with Crippen LogP contribution in [-0.4, -0.2) is 21.6 Å². The number of aromatic amines is 1. The second kappa shape index (κ2) is 7.79. The van der Waals surface area contributed by atoms with Crippen LogP contribution in [0.4, 0.5) is 5.82 Å². The summed E-state index contributed by atoms with van der Waals surface area (Å²) in [4.78, 5) is 13.0. The van der Waals surface area contributed by atoms with E-state index in [1.165, 1.54) is 11.1 Å². The molecule has 0 radical (unpaired) electrons. The normalized spacial score (nSPS) is 23.2. The first-order valence-corrected chi connectivity index (χ1v) is 8.58. The summed E-state index contributed by atoms with van der Waals surface area (Å²) < 4.78 is 5.85. The van der Waals surface area contributed by atoms with Crippen LogP contribution in [0.15, 0.2) is 35.6 Å². The van der Waals surface area contributed by atoms with E-state index in [4.69, 9.17) is 4.74 Å². The third kappa shape index (κ3) is 5.34. The van der Waals surface area contributed by atoms with Crippen molar-refractivity contribution < 1.29 is 9.66 Å². The Bertz CT molecular complexity index is 641. The van der Waals surface area contributed by atoms with Gasteiger partial charge in [0.2, 0.25) is 0 Å². The van der Waals surface area contributed by atoms with Gasteiger partial charge in [-0.2, -0.15) is 0 Å². The summed E-state index contributed by atoms with van der Waals surface area (Å²) in [6, 6.07) is 1.59. The molecule has 0 bridgehead atoms. The zero-order valence-electron chi connectivity index (χ0n) is 15.1. The first-order valence-electron chi connectivity index (χ1n) is 8.58. The quantitative estimate of drug-likeness (QED) is 0.296. The summed E-state index contributed by atoms with van der Waals surface area (Å²) in [7, 11) is 0. The molecule has 0 aromatic carbocycles. The average molecular weight is 332 g/mol. The molecule has 2 atom stereocenters. The summed E-state index contributed by atoms with van der Waals surface area (Å²) in [5.41, 5.74) is 3.64. The number of ether oxygens (including phenoxy) is 1. The van der Waals surface area contributed by atoms with Crippen LogP contribution >= 0.6 is 0 Å². The molecule has 1 aromatic rings. The standard InChI is InChI=1S/C19H28N2O3/c1-14(2)7-5-8-15(3)9-6-10-19(4)17(24-19)11-16-12-18(20-13-16)21(22)23/h7,9,12-13,17,20H,5-6,8,10-11H2,1-4H3/b15-9+/t17-,19-/m1/s1. The van der Waals surface area contributed by atoms with Crippen LogP contribution in [-0.2, 0) is 11.2 Å². The molecule has 1 aliphatic heterocycles. The molecule has 2 rings (SSSR count). The van der Waals surface area contributed by atoms with E-state index in [2.05, 4.69) is 44.8 Å². The smallest absolute Gasteiger partial charge is 0.321 e. The lowest BCUT2D eigenvalue weighted by Crippen LogP contribution is -2.11. The second-order valence-electron chi connectivity index (χ2n) is 7.18. The van der Waals surface area contributed by atoms with Gasteiger partial charge in [0.25, 0.3) is 0 Å². The van der Waals surface area contributed by atoms with Crippen molar-refractivity contribution in [3.05, 3.63) is 51.2 Å². The fourth-order valence-electron chi connectivity index (χ4n) is 2.93. The van der Waals surface area contributed by atoms with Gasteiger partial charge in [-0.3, -0.25) is 0 Å². The summed E-state index contributed by atoms with van der Waals surface area (Å²) >= 11 is 0. The minimum atomic E-state index is -0.404. The first kappa shape index (κ1) is 18.5. The molecule has 0 unspecified atom stereocenters. The van der Waals surface area contributed by atoms with Crippen molar-refractivity contribution in [2.45, 2.75) is 71.5 Å². The number of hydrogen-bond acceptors (Lipinski definition) is 3. The van der Waals surface area contributed by atoms with Gasteiger partial charge in [-0.15, -0.1) is 0 Å². The molecule has 1 saturated heterocycles. The largest absolute Gasteiger partial charge is 0.366 e. The van der Waals surface area contributed by atoms with Gasteiger partial charge in [0.05, 0.1) is 17.9 Å². The predicted molar refractivity (Wildman–Crippen MR) is 96.1 cm³/mol. The fraction of sp³-hybridized carbons (Fsp3) is 0.579. The van der Waals surface area contributed by atoms with Gasteiger partial charge >= 0.3 is 5.82 Å². The molecular formula is C19H28N2O3. The topological polar surface area (TPSA) is 71.5 Å². The van der Waals surface area contributed by atoms with Crippen molar-refractivity contribution in [1.82, 2.24) is 4.98 Å². The number of aromatic nitrogens is 1. The Hall–Kier alpha value is -1.88. The maximum absolute atomic E-state index is 10.7. The highest BCUT2D eigenvalue weighted by Gasteiger charge is 2.51. The number of hydrogen-bond donors (Lipinski definition) is 1. The molecule has 2 heterocycles. The van der Waals surface area contributed by atoms with Crippen molar-refractivity contribution in [3.63, 3.8) is 0 Å². The molecule has 24 heavy (non-hydrogen) atoms. The second-order valence-corrected chi connectivity index (χ2v) is 7.18. The Morgan fingerprint density at radius 3 is 2.75 bits per heavy atom. The van der Waals surface area contributed by atoms with Gasteiger partial charge in [-0.1, -0.05) is 23.3 Å². The lowest BCUT2D eigenvalue weighted by atomic mass is 9.96. The zero-order chi connectivity index (χ0) is 17.7. The van der Waals surface area contributed by atoms with Crippen molar-refractivity contribution in [2.75, 3.05) is 0 Å². The van der Waals surface area contributed by atoms with Crippen LogP contribution < -0.4 is 0 Å². The van der Waals surface area contributed by atoms with Crippen LogP contribution in [0.1, 0.15) is 58.9 Å². The number of rotatable bonds is 9. The van der Waals surface area contributed by atoms with Crippen LogP contribution in [0.25, 0.3) is 0 Å². The monoisotopic (exact) mass is 332 g/mol. The Kier molecular flexibility index (Phi) is 5.99. The van der Waals surface area contributed by atoms with Crippen molar-refractivity contribution >= 4 is 5.82 Å². The molecular weight excluding hydrogens is 304 g/mol.